The molecule has 126 valence electrons. The molecule has 0 aliphatic rings. The van der Waals surface area contributed by atoms with Crippen LogP contribution in [-0.2, 0) is 16.1 Å². The number of aromatic nitrogens is 1. The minimum atomic E-state index is -0.251. The largest absolute Gasteiger partial charge is 0.469 e. The number of carbonyl (C=O) groups is 1. The van der Waals surface area contributed by atoms with Gasteiger partial charge in [0.1, 0.15) is 0 Å². The standard InChI is InChI=1S/C14H24N4O2S.HI/c1-6-15-14(16-7-10(2)13(19)20-5)18(4)8-12-9-21-11(3)17-12;/h9-10H,6-8H2,1-5H3,(H,15,16);1H. The Bertz CT molecular complexity index is 493. The number of hydrogen-bond acceptors (Lipinski definition) is 5. The molecule has 1 unspecified atom stereocenters. The quantitative estimate of drug-likeness (QED) is 0.318. The van der Waals surface area contributed by atoms with Crippen LogP contribution in [0.15, 0.2) is 10.4 Å². The summed E-state index contributed by atoms with van der Waals surface area (Å²) >= 11 is 1.64. The van der Waals surface area contributed by atoms with E-state index in [1.165, 1.54) is 7.11 Å². The molecule has 1 aromatic heterocycles. The normalized spacial score (nSPS) is 12.3. The molecule has 0 fully saturated rings. The van der Waals surface area contributed by atoms with Crippen LogP contribution in [0.25, 0.3) is 0 Å². The van der Waals surface area contributed by atoms with Crippen LogP contribution < -0.4 is 5.32 Å². The van der Waals surface area contributed by atoms with Crippen LogP contribution in [0, 0.1) is 12.8 Å². The first-order valence-electron chi connectivity index (χ1n) is 6.96. The maximum atomic E-state index is 11.4. The molecular weight excluding hydrogens is 415 g/mol. The number of methoxy groups -OCH3 is 1. The van der Waals surface area contributed by atoms with E-state index in [1.807, 2.05) is 38.1 Å². The number of hydrogen-bond donors (Lipinski definition) is 1. The van der Waals surface area contributed by atoms with Crippen molar-refractivity contribution in [3.8, 4) is 0 Å². The van der Waals surface area contributed by atoms with Crippen LogP contribution in [0.1, 0.15) is 24.5 Å². The number of guanidine groups is 1. The second-order valence-electron chi connectivity index (χ2n) is 4.83. The van der Waals surface area contributed by atoms with Crippen LogP contribution in [-0.4, -0.2) is 49.1 Å². The van der Waals surface area contributed by atoms with Crippen molar-refractivity contribution in [3.05, 3.63) is 16.1 Å². The van der Waals surface area contributed by atoms with Crippen molar-refractivity contribution in [2.75, 3.05) is 27.2 Å². The summed E-state index contributed by atoms with van der Waals surface area (Å²) in [5.74, 6) is 0.268. The van der Waals surface area contributed by atoms with Gasteiger partial charge in [0.05, 0.1) is 36.8 Å². The summed E-state index contributed by atoms with van der Waals surface area (Å²) in [4.78, 5) is 22.4. The van der Waals surface area contributed by atoms with Crippen molar-refractivity contribution in [2.45, 2.75) is 27.3 Å². The highest BCUT2D eigenvalue weighted by molar-refractivity contribution is 14.0. The predicted molar refractivity (Wildman–Crippen MR) is 101 cm³/mol. The molecule has 0 amide bonds. The van der Waals surface area contributed by atoms with Crippen LogP contribution in [0.4, 0.5) is 0 Å². The lowest BCUT2D eigenvalue weighted by Gasteiger charge is -2.21. The van der Waals surface area contributed by atoms with Gasteiger partial charge >= 0.3 is 5.97 Å². The van der Waals surface area contributed by atoms with Crippen molar-refractivity contribution in [1.29, 1.82) is 0 Å². The zero-order chi connectivity index (χ0) is 15.8. The molecular formula is C14H25IN4O2S. The smallest absolute Gasteiger partial charge is 0.310 e. The highest BCUT2D eigenvalue weighted by atomic mass is 127. The molecule has 0 radical (unpaired) electrons. The summed E-state index contributed by atoms with van der Waals surface area (Å²) in [6.45, 7) is 7.67. The minimum absolute atomic E-state index is 0. The SMILES string of the molecule is CCNC(=NCC(C)C(=O)OC)N(C)Cc1csc(C)n1.I. The number of thiazole rings is 1. The first-order valence-corrected chi connectivity index (χ1v) is 7.84. The van der Waals surface area contributed by atoms with E-state index in [2.05, 4.69) is 15.3 Å². The highest BCUT2D eigenvalue weighted by Gasteiger charge is 2.14. The van der Waals surface area contributed by atoms with Gasteiger partial charge < -0.3 is 15.0 Å². The Morgan fingerprint density at radius 2 is 2.27 bits per heavy atom. The van der Waals surface area contributed by atoms with E-state index < -0.39 is 0 Å². The Balaban J connectivity index is 0.00000441. The van der Waals surface area contributed by atoms with Crippen LogP contribution >= 0.6 is 35.3 Å². The summed E-state index contributed by atoms with van der Waals surface area (Å²) < 4.78 is 4.71. The van der Waals surface area contributed by atoms with Gasteiger partial charge in [-0.05, 0) is 13.8 Å². The lowest BCUT2D eigenvalue weighted by atomic mass is 10.2. The topological polar surface area (TPSA) is 66.8 Å². The molecule has 22 heavy (non-hydrogen) atoms. The average Bonchev–Trinajstić information content (AvgIpc) is 2.87. The van der Waals surface area contributed by atoms with Gasteiger partial charge in [-0.3, -0.25) is 9.79 Å². The Morgan fingerprint density at radius 1 is 1.59 bits per heavy atom. The first kappa shape index (κ1) is 21.1. The molecule has 1 atom stereocenters. The fourth-order valence-corrected chi connectivity index (χ4v) is 2.37. The third kappa shape index (κ3) is 6.91. The summed E-state index contributed by atoms with van der Waals surface area (Å²) in [5.41, 5.74) is 1.02. The Morgan fingerprint density at radius 3 is 2.77 bits per heavy atom. The zero-order valence-electron chi connectivity index (χ0n) is 13.8. The molecule has 0 saturated heterocycles. The van der Waals surface area contributed by atoms with Gasteiger partial charge in [-0.15, -0.1) is 35.3 Å². The van der Waals surface area contributed by atoms with Gasteiger partial charge in [0, 0.05) is 19.0 Å². The summed E-state index contributed by atoms with van der Waals surface area (Å²) in [6, 6.07) is 0. The highest BCUT2D eigenvalue weighted by Crippen LogP contribution is 2.10. The third-order valence-corrected chi connectivity index (χ3v) is 3.70. The molecule has 0 spiro atoms. The monoisotopic (exact) mass is 440 g/mol. The average molecular weight is 440 g/mol. The van der Waals surface area contributed by atoms with Crippen molar-refractivity contribution in [1.82, 2.24) is 15.2 Å². The van der Waals surface area contributed by atoms with E-state index in [0.29, 0.717) is 13.1 Å². The lowest BCUT2D eigenvalue weighted by molar-refractivity contribution is -0.144. The summed E-state index contributed by atoms with van der Waals surface area (Å²) in [5, 5.41) is 6.32. The van der Waals surface area contributed by atoms with Gasteiger partial charge in [0.25, 0.3) is 0 Å². The Kier molecular flexibility index (Phi) is 10.3. The fourth-order valence-electron chi connectivity index (χ4n) is 1.77. The molecule has 0 aromatic carbocycles. The second-order valence-corrected chi connectivity index (χ2v) is 5.89. The summed E-state index contributed by atoms with van der Waals surface area (Å²) in [6.07, 6.45) is 0. The number of rotatable bonds is 6. The molecule has 1 aromatic rings. The van der Waals surface area contributed by atoms with Gasteiger partial charge in [0.2, 0.25) is 0 Å². The Hall–Kier alpha value is -0.900. The number of esters is 1. The number of nitrogens with one attached hydrogen (secondary N) is 1. The molecule has 0 saturated carbocycles. The maximum Gasteiger partial charge on any atom is 0.310 e. The fraction of sp³-hybridized carbons (Fsp3) is 0.643. The third-order valence-electron chi connectivity index (χ3n) is 2.88. The minimum Gasteiger partial charge on any atom is -0.469 e. The van der Waals surface area contributed by atoms with Crippen molar-refractivity contribution in [2.24, 2.45) is 10.9 Å². The number of nitrogens with zero attached hydrogens (tertiary/aromatic N) is 3. The van der Waals surface area contributed by atoms with Crippen LogP contribution in [0.2, 0.25) is 0 Å². The van der Waals surface area contributed by atoms with Gasteiger partial charge in [0.15, 0.2) is 5.96 Å². The van der Waals surface area contributed by atoms with E-state index >= 15 is 0 Å². The Labute approximate surface area is 153 Å². The molecule has 1 rings (SSSR count). The molecule has 8 heteroatoms. The lowest BCUT2D eigenvalue weighted by Crippen LogP contribution is -2.39. The molecule has 1 heterocycles. The van der Waals surface area contributed by atoms with Crippen molar-refractivity contribution >= 4 is 47.2 Å². The second kappa shape index (κ2) is 10.8. The maximum absolute atomic E-state index is 11.4. The van der Waals surface area contributed by atoms with E-state index in [0.717, 1.165) is 23.2 Å². The van der Waals surface area contributed by atoms with E-state index in [-0.39, 0.29) is 35.9 Å². The van der Waals surface area contributed by atoms with E-state index in [1.54, 1.807) is 11.3 Å². The zero-order valence-corrected chi connectivity index (χ0v) is 16.9. The number of aryl methyl sites for hydroxylation is 1. The van der Waals surface area contributed by atoms with Gasteiger partial charge in [-0.1, -0.05) is 6.92 Å². The number of ether oxygens (including phenoxy) is 1. The number of halogens is 1. The van der Waals surface area contributed by atoms with E-state index in [9.17, 15) is 4.79 Å². The van der Waals surface area contributed by atoms with Crippen molar-refractivity contribution in [3.63, 3.8) is 0 Å². The van der Waals surface area contributed by atoms with Gasteiger partial charge in [-0.25, -0.2) is 4.98 Å². The molecule has 0 aliphatic heterocycles. The van der Waals surface area contributed by atoms with Crippen molar-refractivity contribution < 1.29 is 9.53 Å². The first-order chi connectivity index (χ1) is 9.97. The molecule has 0 aliphatic carbocycles. The molecule has 6 nitrogen and oxygen atoms in total. The number of aliphatic imine (C=N–C) groups is 1. The molecule has 1 N–H and O–H groups in total. The van der Waals surface area contributed by atoms with Crippen LogP contribution in [0.3, 0.4) is 0 Å². The predicted octanol–water partition coefficient (Wildman–Crippen LogP) is 2.28. The molecule has 0 bridgehead atoms. The summed E-state index contributed by atoms with van der Waals surface area (Å²) in [7, 11) is 3.35. The van der Waals surface area contributed by atoms with E-state index in [4.69, 9.17) is 4.74 Å². The van der Waals surface area contributed by atoms with Gasteiger partial charge in [-0.2, -0.15) is 0 Å². The number of carbonyl (C=O) groups excluding carboxylic acids is 1. The van der Waals surface area contributed by atoms with Crippen LogP contribution in [0.5, 0.6) is 0 Å².